The largest absolute Gasteiger partial charge is 0.216 e. The van der Waals surface area contributed by atoms with Gasteiger partial charge in [-0.3, -0.25) is 0 Å². The molecule has 3 rings (SSSR count). The van der Waals surface area contributed by atoms with Gasteiger partial charge in [0.15, 0.2) is 0 Å². The maximum absolute atomic E-state index is 14.2. The van der Waals surface area contributed by atoms with Gasteiger partial charge >= 0.3 is 0 Å². The van der Waals surface area contributed by atoms with Crippen LogP contribution in [-0.2, 0) is 6.42 Å². The van der Waals surface area contributed by atoms with E-state index in [0.717, 1.165) is 56.8 Å². The Bertz CT molecular complexity index is 701. The molecule has 1 aromatic rings. The molecule has 1 aromatic carbocycles. The smallest absolute Gasteiger partial charge is 0.142 e. The van der Waals surface area contributed by atoms with Crippen LogP contribution in [0.15, 0.2) is 24.5 Å². The minimum absolute atomic E-state index is 0.0822. The van der Waals surface area contributed by atoms with Crippen molar-refractivity contribution in [3.8, 4) is 11.8 Å². The van der Waals surface area contributed by atoms with Crippen molar-refractivity contribution in [1.29, 1.82) is 0 Å². The van der Waals surface area contributed by atoms with E-state index in [1.807, 2.05) is 6.92 Å². The quantitative estimate of drug-likeness (QED) is 0.473. The first kappa shape index (κ1) is 21.0. The Morgan fingerprint density at radius 2 is 1.50 bits per heavy atom. The van der Waals surface area contributed by atoms with Crippen LogP contribution in [0, 0.1) is 47.1 Å². The molecular formula is C25H31F3. The third-order valence-electron chi connectivity index (χ3n) is 6.64. The first-order valence-electron chi connectivity index (χ1n) is 10.9. The average molecular weight is 389 g/mol. The summed E-state index contributed by atoms with van der Waals surface area (Å²) in [5.41, 5.74) is 0.613. The molecule has 0 spiro atoms. The summed E-state index contributed by atoms with van der Waals surface area (Å²) < 4.78 is 40.7. The van der Waals surface area contributed by atoms with Crippen LogP contribution >= 0.6 is 0 Å². The summed E-state index contributed by atoms with van der Waals surface area (Å²) in [7, 11) is 0. The van der Waals surface area contributed by atoms with Crippen molar-refractivity contribution in [3.63, 3.8) is 0 Å². The zero-order valence-electron chi connectivity index (χ0n) is 16.8. The highest BCUT2D eigenvalue weighted by molar-refractivity contribution is 5.39. The van der Waals surface area contributed by atoms with Gasteiger partial charge in [0.05, 0.1) is 11.9 Å². The zero-order chi connectivity index (χ0) is 19.9. The molecule has 0 nitrogen and oxygen atoms in total. The highest BCUT2D eigenvalue weighted by Crippen LogP contribution is 2.41. The number of hydrogen-bond donors (Lipinski definition) is 0. The number of hydrogen-bond acceptors (Lipinski definition) is 0. The summed E-state index contributed by atoms with van der Waals surface area (Å²) in [5, 5.41) is 0. The topological polar surface area (TPSA) is 0 Å². The van der Waals surface area contributed by atoms with Crippen LogP contribution in [0.3, 0.4) is 0 Å². The van der Waals surface area contributed by atoms with E-state index in [-0.39, 0.29) is 11.5 Å². The summed E-state index contributed by atoms with van der Waals surface area (Å²) in [6, 6.07) is 2.84. The number of halogens is 3. The second-order valence-electron chi connectivity index (χ2n) is 8.56. The maximum atomic E-state index is 14.2. The fourth-order valence-electron chi connectivity index (χ4n) is 5.00. The molecule has 0 amide bonds. The lowest BCUT2D eigenvalue weighted by atomic mass is 9.69. The maximum Gasteiger partial charge on any atom is 0.142 e. The van der Waals surface area contributed by atoms with Crippen LogP contribution < -0.4 is 0 Å². The predicted octanol–water partition coefficient (Wildman–Crippen LogP) is 7.36. The summed E-state index contributed by atoms with van der Waals surface area (Å²) >= 11 is 0. The van der Waals surface area contributed by atoms with Crippen molar-refractivity contribution < 1.29 is 13.2 Å². The van der Waals surface area contributed by atoms with Gasteiger partial charge in [-0.25, -0.2) is 13.2 Å². The molecule has 0 radical (unpaired) electrons. The van der Waals surface area contributed by atoms with Gasteiger partial charge in [-0.1, -0.05) is 31.3 Å². The van der Waals surface area contributed by atoms with E-state index in [2.05, 4.69) is 11.8 Å². The Hall–Kier alpha value is -1.69. The highest BCUT2D eigenvalue weighted by Gasteiger charge is 2.30. The first-order valence-corrected chi connectivity index (χ1v) is 10.9. The molecule has 2 saturated carbocycles. The summed E-state index contributed by atoms with van der Waals surface area (Å²) in [4.78, 5) is 0. The number of allylic oxidation sites excluding steroid dienone is 1. The Balaban J connectivity index is 1.53. The zero-order valence-corrected chi connectivity index (χ0v) is 16.8. The molecule has 2 aliphatic carbocycles. The Labute approximate surface area is 167 Å². The normalized spacial score (nSPS) is 28.1. The van der Waals surface area contributed by atoms with Crippen LogP contribution in [-0.4, -0.2) is 0 Å². The molecule has 0 heterocycles. The van der Waals surface area contributed by atoms with E-state index in [4.69, 9.17) is 0 Å². The number of aryl methyl sites for hydroxylation is 1. The van der Waals surface area contributed by atoms with Crippen molar-refractivity contribution in [2.24, 2.45) is 23.7 Å². The van der Waals surface area contributed by atoms with E-state index in [1.165, 1.54) is 25.0 Å². The molecule has 0 atom stereocenters. The molecular weight excluding hydrogens is 357 g/mol. The van der Waals surface area contributed by atoms with Gasteiger partial charge in [0.2, 0.25) is 0 Å². The Morgan fingerprint density at radius 1 is 0.929 bits per heavy atom. The van der Waals surface area contributed by atoms with Crippen LogP contribution in [0.1, 0.15) is 75.8 Å². The lowest BCUT2D eigenvalue weighted by molar-refractivity contribution is 0.168. The molecule has 0 aliphatic heterocycles. The van der Waals surface area contributed by atoms with Crippen molar-refractivity contribution in [3.05, 3.63) is 47.3 Å². The van der Waals surface area contributed by atoms with Crippen LogP contribution in [0.2, 0.25) is 0 Å². The molecule has 0 aromatic heterocycles. The third-order valence-corrected chi connectivity index (χ3v) is 6.64. The Kier molecular flexibility index (Phi) is 7.65. The summed E-state index contributed by atoms with van der Waals surface area (Å²) in [5.74, 6) is 6.98. The summed E-state index contributed by atoms with van der Waals surface area (Å²) in [6.07, 6.45) is 12.8. The van der Waals surface area contributed by atoms with Crippen molar-refractivity contribution in [2.75, 3.05) is 0 Å². The van der Waals surface area contributed by atoms with Crippen LogP contribution in [0.4, 0.5) is 13.2 Å². The van der Waals surface area contributed by atoms with Gasteiger partial charge in [0.25, 0.3) is 0 Å². The summed E-state index contributed by atoms with van der Waals surface area (Å²) in [6.45, 7) is 1.99. The molecule has 28 heavy (non-hydrogen) atoms. The van der Waals surface area contributed by atoms with Crippen molar-refractivity contribution in [1.82, 2.24) is 0 Å². The van der Waals surface area contributed by atoms with Gasteiger partial charge in [0, 0.05) is 5.92 Å². The van der Waals surface area contributed by atoms with Crippen LogP contribution in [0.5, 0.6) is 0 Å². The van der Waals surface area contributed by atoms with E-state index in [1.54, 1.807) is 6.08 Å². The second kappa shape index (κ2) is 10.2. The molecule has 0 saturated heterocycles. The van der Waals surface area contributed by atoms with E-state index in [0.29, 0.717) is 24.2 Å². The molecule has 3 heteroatoms. The first-order chi connectivity index (χ1) is 13.6. The average Bonchev–Trinajstić information content (AvgIpc) is 2.69. The Morgan fingerprint density at radius 3 is 2.04 bits per heavy atom. The van der Waals surface area contributed by atoms with Crippen LogP contribution in [0.25, 0.3) is 0 Å². The van der Waals surface area contributed by atoms with E-state index in [9.17, 15) is 13.2 Å². The van der Waals surface area contributed by atoms with Gasteiger partial charge in [-0.15, -0.1) is 0 Å². The number of benzene rings is 1. The number of rotatable bonds is 4. The fourth-order valence-corrected chi connectivity index (χ4v) is 5.00. The van der Waals surface area contributed by atoms with Gasteiger partial charge < -0.3 is 0 Å². The van der Waals surface area contributed by atoms with Crippen molar-refractivity contribution in [2.45, 2.75) is 71.1 Å². The van der Waals surface area contributed by atoms with E-state index >= 15 is 0 Å². The standard InChI is InChI=1S/C25H31F3/c1-2-3-20-16-24(27)23(25(28)17-20)13-8-18-4-9-21(10-5-18)22-11-6-19(7-12-22)14-15-26/h14-19,21-22H,2-7,9-12H2,1H3/b15-14+/t18?,19-,21?,22-. The van der Waals surface area contributed by atoms with Crippen molar-refractivity contribution >= 4 is 0 Å². The minimum Gasteiger partial charge on any atom is -0.216 e. The molecule has 0 unspecified atom stereocenters. The van der Waals surface area contributed by atoms with Gasteiger partial charge in [-0.05, 0) is 93.2 Å². The molecule has 0 bridgehead atoms. The lowest BCUT2D eigenvalue weighted by Crippen LogP contribution is -2.25. The minimum atomic E-state index is -0.538. The fraction of sp³-hybridized carbons (Fsp3) is 0.600. The monoisotopic (exact) mass is 388 g/mol. The molecule has 2 fully saturated rings. The molecule has 2 aliphatic rings. The molecule has 0 N–H and O–H groups in total. The van der Waals surface area contributed by atoms with E-state index < -0.39 is 11.6 Å². The second-order valence-corrected chi connectivity index (χ2v) is 8.56. The van der Waals surface area contributed by atoms with Gasteiger partial charge in [0.1, 0.15) is 11.6 Å². The molecule has 152 valence electrons. The lowest BCUT2D eigenvalue weighted by Gasteiger charge is -2.36. The highest BCUT2D eigenvalue weighted by atomic mass is 19.1. The predicted molar refractivity (Wildman–Crippen MR) is 108 cm³/mol. The third kappa shape index (κ3) is 5.43. The SMILES string of the molecule is CCCc1cc(F)c(C#CC2CCC([C@H]3CC[C@H](/C=C/F)CC3)CC2)c(F)c1. The van der Waals surface area contributed by atoms with Gasteiger partial charge in [-0.2, -0.15) is 0 Å².